The number of alkyl halides is 3. The SMILES string of the molecule is Cn1c(C(=O)O)cc2ccnc(OCC3CCC(C(F)(F)F)CC3)c21. The lowest BCUT2D eigenvalue weighted by Gasteiger charge is -2.29. The lowest BCUT2D eigenvalue weighted by molar-refractivity contribution is -0.184. The monoisotopic (exact) mass is 356 g/mol. The Morgan fingerprint density at radius 2 is 2.04 bits per heavy atom. The molecule has 0 bridgehead atoms. The van der Waals surface area contributed by atoms with Gasteiger partial charge in [-0.1, -0.05) is 0 Å². The topological polar surface area (TPSA) is 64.4 Å². The molecular formula is C17H19F3N2O3. The highest BCUT2D eigenvalue weighted by Gasteiger charge is 2.41. The van der Waals surface area contributed by atoms with Crippen molar-refractivity contribution >= 4 is 16.9 Å². The molecule has 1 fully saturated rings. The predicted molar refractivity (Wildman–Crippen MR) is 84.7 cm³/mol. The van der Waals surface area contributed by atoms with Crippen LogP contribution in [0.2, 0.25) is 0 Å². The van der Waals surface area contributed by atoms with Crippen LogP contribution in [-0.2, 0) is 7.05 Å². The summed E-state index contributed by atoms with van der Waals surface area (Å²) in [5, 5.41) is 9.91. The van der Waals surface area contributed by atoms with Gasteiger partial charge in [0, 0.05) is 18.6 Å². The zero-order chi connectivity index (χ0) is 18.2. The Labute approximate surface area is 142 Å². The number of hydrogen-bond acceptors (Lipinski definition) is 3. The third-order valence-electron chi connectivity index (χ3n) is 4.90. The number of pyridine rings is 1. The van der Waals surface area contributed by atoms with Gasteiger partial charge in [0.05, 0.1) is 12.5 Å². The fourth-order valence-corrected chi connectivity index (χ4v) is 3.43. The van der Waals surface area contributed by atoms with Gasteiger partial charge in [0.2, 0.25) is 5.88 Å². The number of ether oxygens (including phenoxy) is 1. The van der Waals surface area contributed by atoms with E-state index in [9.17, 15) is 23.1 Å². The molecule has 0 radical (unpaired) electrons. The number of rotatable bonds is 4. The fourth-order valence-electron chi connectivity index (χ4n) is 3.43. The van der Waals surface area contributed by atoms with Gasteiger partial charge in [-0.25, -0.2) is 9.78 Å². The molecule has 25 heavy (non-hydrogen) atoms. The number of halogens is 3. The molecule has 3 rings (SSSR count). The zero-order valence-corrected chi connectivity index (χ0v) is 13.7. The van der Waals surface area contributed by atoms with Crippen molar-refractivity contribution in [2.45, 2.75) is 31.9 Å². The third kappa shape index (κ3) is 3.57. The van der Waals surface area contributed by atoms with Crippen molar-refractivity contribution in [1.82, 2.24) is 9.55 Å². The van der Waals surface area contributed by atoms with Gasteiger partial charge in [0.15, 0.2) is 0 Å². The average Bonchev–Trinajstić information content (AvgIpc) is 2.90. The molecule has 2 heterocycles. The quantitative estimate of drug-likeness (QED) is 0.899. The number of aromatic carboxylic acids is 1. The molecule has 8 heteroatoms. The highest BCUT2D eigenvalue weighted by Crippen LogP contribution is 2.39. The van der Waals surface area contributed by atoms with Gasteiger partial charge in [-0.15, -0.1) is 0 Å². The summed E-state index contributed by atoms with van der Waals surface area (Å²) in [6, 6.07) is 3.24. The molecule has 1 saturated carbocycles. The lowest BCUT2D eigenvalue weighted by Crippen LogP contribution is -2.29. The summed E-state index contributed by atoms with van der Waals surface area (Å²) >= 11 is 0. The summed E-state index contributed by atoms with van der Waals surface area (Å²) in [6.45, 7) is 0.282. The van der Waals surface area contributed by atoms with E-state index in [0.29, 0.717) is 29.6 Å². The second-order valence-corrected chi connectivity index (χ2v) is 6.52. The first-order chi connectivity index (χ1) is 11.8. The first-order valence-corrected chi connectivity index (χ1v) is 8.14. The number of carboxylic acid groups (broad SMARTS) is 1. The number of carbonyl (C=O) groups is 1. The minimum atomic E-state index is -4.12. The van der Waals surface area contributed by atoms with Crippen molar-refractivity contribution in [3.05, 3.63) is 24.0 Å². The van der Waals surface area contributed by atoms with E-state index in [-0.39, 0.29) is 31.1 Å². The molecule has 0 unspecified atom stereocenters. The Morgan fingerprint density at radius 3 is 2.64 bits per heavy atom. The number of carboxylic acids is 1. The molecule has 2 aromatic rings. The van der Waals surface area contributed by atoms with Crippen LogP contribution in [0, 0.1) is 11.8 Å². The van der Waals surface area contributed by atoms with E-state index in [2.05, 4.69) is 4.98 Å². The third-order valence-corrected chi connectivity index (χ3v) is 4.90. The van der Waals surface area contributed by atoms with Gasteiger partial charge < -0.3 is 14.4 Å². The lowest BCUT2D eigenvalue weighted by atomic mass is 9.82. The molecule has 0 amide bonds. The van der Waals surface area contributed by atoms with Crippen LogP contribution in [0.1, 0.15) is 36.2 Å². The fraction of sp³-hybridized carbons (Fsp3) is 0.529. The van der Waals surface area contributed by atoms with Gasteiger partial charge in [0.25, 0.3) is 0 Å². The molecule has 0 atom stereocenters. The van der Waals surface area contributed by atoms with Gasteiger partial charge >= 0.3 is 12.1 Å². The van der Waals surface area contributed by atoms with Gasteiger partial charge in [-0.05, 0) is 43.7 Å². The number of aryl methyl sites for hydroxylation is 1. The van der Waals surface area contributed by atoms with Crippen molar-refractivity contribution in [2.24, 2.45) is 18.9 Å². The van der Waals surface area contributed by atoms with Crippen LogP contribution in [0.3, 0.4) is 0 Å². The largest absolute Gasteiger partial charge is 0.477 e. The van der Waals surface area contributed by atoms with E-state index >= 15 is 0 Å². The molecule has 0 spiro atoms. The number of aromatic nitrogens is 2. The summed E-state index contributed by atoms with van der Waals surface area (Å²) in [5.41, 5.74) is 0.697. The van der Waals surface area contributed by atoms with Crippen molar-refractivity contribution in [1.29, 1.82) is 0 Å². The van der Waals surface area contributed by atoms with Crippen LogP contribution in [-0.4, -0.2) is 33.4 Å². The summed E-state index contributed by atoms with van der Waals surface area (Å²) < 4.78 is 45.4. The van der Waals surface area contributed by atoms with E-state index in [1.165, 1.54) is 10.8 Å². The van der Waals surface area contributed by atoms with Gasteiger partial charge in [-0.3, -0.25) is 0 Å². The summed E-state index contributed by atoms with van der Waals surface area (Å²) in [7, 11) is 1.62. The van der Waals surface area contributed by atoms with Crippen LogP contribution in [0.15, 0.2) is 18.3 Å². The van der Waals surface area contributed by atoms with Crippen LogP contribution >= 0.6 is 0 Å². The maximum Gasteiger partial charge on any atom is 0.391 e. The maximum atomic E-state index is 12.7. The number of fused-ring (bicyclic) bond motifs is 1. The van der Waals surface area contributed by atoms with Crippen LogP contribution in [0.4, 0.5) is 13.2 Å². The molecule has 1 aliphatic rings. The maximum absolute atomic E-state index is 12.7. The Kier molecular flexibility index (Phi) is 4.62. The van der Waals surface area contributed by atoms with E-state index in [4.69, 9.17) is 4.74 Å². The highest BCUT2D eigenvalue weighted by atomic mass is 19.4. The molecule has 0 aliphatic heterocycles. The number of hydrogen-bond donors (Lipinski definition) is 1. The van der Waals surface area contributed by atoms with E-state index in [1.807, 2.05) is 0 Å². The molecule has 2 aromatic heterocycles. The van der Waals surface area contributed by atoms with Crippen LogP contribution < -0.4 is 4.74 Å². The number of nitrogens with zero attached hydrogens (tertiary/aromatic N) is 2. The summed E-state index contributed by atoms with van der Waals surface area (Å²) in [5.74, 6) is -1.90. The van der Waals surface area contributed by atoms with E-state index < -0.39 is 18.1 Å². The summed E-state index contributed by atoms with van der Waals surface area (Å²) in [6.07, 6.45) is -1.40. The van der Waals surface area contributed by atoms with Crippen LogP contribution in [0.5, 0.6) is 5.88 Å². The van der Waals surface area contributed by atoms with Crippen molar-refractivity contribution in [2.75, 3.05) is 6.61 Å². The van der Waals surface area contributed by atoms with E-state index in [1.54, 1.807) is 19.2 Å². The normalized spacial score (nSPS) is 21.4. The van der Waals surface area contributed by atoms with Crippen molar-refractivity contribution in [3.63, 3.8) is 0 Å². The smallest absolute Gasteiger partial charge is 0.391 e. The molecule has 0 saturated heterocycles. The molecule has 136 valence electrons. The summed E-state index contributed by atoms with van der Waals surface area (Å²) in [4.78, 5) is 15.4. The Balaban J connectivity index is 1.69. The second kappa shape index (κ2) is 6.57. The Hall–Kier alpha value is -2.25. The molecule has 5 nitrogen and oxygen atoms in total. The second-order valence-electron chi connectivity index (χ2n) is 6.52. The highest BCUT2D eigenvalue weighted by molar-refractivity contribution is 5.96. The Bertz CT molecular complexity index is 777. The molecule has 1 N–H and O–H groups in total. The minimum absolute atomic E-state index is 0.0508. The van der Waals surface area contributed by atoms with Gasteiger partial charge in [-0.2, -0.15) is 13.2 Å². The Morgan fingerprint density at radius 1 is 1.36 bits per heavy atom. The first kappa shape index (κ1) is 17.6. The van der Waals surface area contributed by atoms with Crippen molar-refractivity contribution in [3.8, 4) is 5.88 Å². The minimum Gasteiger partial charge on any atom is -0.477 e. The van der Waals surface area contributed by atoms with E-state index in [0.717, 1.165) is 0 Å². The molecular weight excluding hydrogens is 337 g/mol. The first-order valence-electron chi connectivity index (χ1n) is 8.14. The van der Waals surface area contributed by atoms with Gasteiger partial charge in [0.1, 0.15) is 11.2 Å². The average molecular weight is 356 g/mol. The zero-order valence-electron chi connectivity index (χ0n) is 13.7. The standard InChI is InChI=1S/C17H19F3N2O3/c1-22-13(16(23)24)8-11-6-7-21-15(14(11)22)25-9-10-2-4-12(5-3-10)17(18,19)20/h6-8,10,12H,2-5,9H2,1H3,(H,23,24). The van der Waals surface area contributed by atoms with Crippen molar-refractivity contribution < 1.29 is 27.8 Å². The van der Waals surface area contributed by atoms with Crippen LogP contribution in [0.25, 0.3) is 10.9 Å². The molecule has 0 aromatic carbocycles. The predicted octanol–water partition coefficient (Wildman–Crippen LogP) is 4.02. The molecule has 1 aliphatic carbocycles.